The number of anilines is 1. The van der Waals surface area contributed by atoms with Crippen molar-refractivity contribution in [3.63, 3.8) is 0 Å². The van der Waals surface area contributed by atoms with Crippen LogP contribution < -0.4 is 14.8 Å². The summed E-state index contributed by atoms with van der Waals surface area (Å²) in [6.07, 6.45) is 0. The van der Waals surface area contributed by atoms with E-state index >= 15 is 0 Å². The highest BCUT2D eigenvalue weighted by Crippen LogP contribution is 2.36. The normalized spacial score (nSPS) is 11.8. The number of hydrogen-bond donors (Lipinski definition) is 1. The first kappa shape index (κ1) is 13.9. The van der Waals surface area contributed by atoms with Crippen LogP contribution in [0.1, 0.15) is 6.92 Å². The molecule has 1 N–H and O–H groups in total. The number of alkyl halides is 1. The summed E-state index contributed by atoms with van der Waals surface area (Å²) in [6.45, 7) is 1.57. The van der Waals surface area contributed by atoms with Crippen molar-refractivity contribution >= 4 is 34.8 Å². The number of rotatable bonds is 4. The number of methoxy groups -OCH3 is 2. The van der Waals surface area contributed by atoms with E-state index in [0.29, 0.717) is 22.2 Å². The van der Waals surface area contributed by atoms with E-state index in [4.69, 9.17) is 32.7 Å². The van der Waals surface area contributed by atoms with Gasteiger partial charge in [-0.2, -0.15) is 0 Å². The fraction of sp³-hybridized carbons (Fsp3) is 0.364. The van der Waals surface area contributed by atoms with Crippen molar-refractivity contribution in [2.24, 2.45) is 0 Å². The predicted octanol–water partition coefficient (Wildman–Crippen LogP) is 2.92. The average molecular weight is 278 g/mol. The molecule has 0 saturated heterocycles. The molecule has 0 spiro atoms. The summed E-state index contributed by atoms with van der Waals surface area (Å²) >= 11 is 11.6. The largest absolute Gasteiger partial charge is 0.493 e. The smallest absolute Gasteiger partial charge is 0.242 e. The van der Waals surface area contributed by atoms with Gasteiger partial charge in [0.2, 0.25) is 5.91 Å². The topological polar surface area (TPSA) is 47.6 Å². The molecule has 94 valence electrons. The van der Waals surface area contributed by atoms with E-state index in [2.05, 4.69) is 5.32 Å². The lowest BCUT2D eigenvalue weighted by Crippen LogP contribution is -2.20. The molecule has 6 heteroatoms. The summed E-state index contributed by atoms with van der Waals surface area (Å²) in [6, 6.07) is 3.15. The third-order valence-electron chi connectivity index (χ3n) is 2.09. The lowest BCUT2D eigenvalue weighted by Gasteiger charge is -2.13. The van der Waals surface area contributed by atoms with Crippen LogP contribution in [0.5, 0.6) is 11.5 Å². The van der Waals surface area contributed by atoms with Gasteiger partial charge in [0, 0.05) is 12.1 Å². The molecule has 0 aliphatic carbocycles. The fourth-order valence-electron chi connectivity index (χ4n) is 1.18. The number of benzene rings is 1. The number of ether oxygens (including phenoxy) is 2. The van der Waals surface area contributed by atoms with E-state index in [1.807, 2.05) is 0 Å². The van der Waals surface area contributed by atoms with Crippen LogP contribution in [-0.4, -0.2) is 25.5 Å². The Balaban J connectivity index is 3.04. The zero-order valence-corrected chi connectivity index (χ0v) is 11.2. The summed E-state index contributed by atoms with van der Waals surface area (Å²) < 4.78 is 10.2. The number of carbonyl (C=O) groups excluding carboxylic acids is 1. The summed E-state index contributed by atoms with van der Waals surface area (Å²) in [7, 11) is 3.01. The molecule has 0 bridgehead atoms. The Morgan fingerprint density at radius 3 is 2.29 bits per heavy atom. The summed E-state index contributed by atoms with van der Waals surface area (Å²) in [4.78, 5) is 11.4. The maximum absolute atomic E-state index is 11.4. The minimum absolute atomic E-state index is 0.333. The van der Waals surface area contributed by atoms with Gasteiger partial charge in [-0.05, 0) is 6.92 Å². The van der Waals surface area contributed by atoms with Gasteiger partial charge in [-0.15, -0.1) is 11.6 Å². The first-order chi connectivity index (χ1) is 7.99. The molecule has 1 atom stereocenters. The van der Waals surface area contributed by atoms with Crippen LogP contribution in [0.15, 0.2) is 12.1 Å². The van der Waals surface area contributed by atoms with E-state index in [-0.39, 0.29) is 5.91 Å². The van der Waals surface area contributed by atoms with Crippen LogP contribution >= 0.6 is 23.2 Å². The van der Waals surface area contributed by atoms with Crippen molar-refractivity contribution in [2.45, 2.75) is 12.3 Å². The molecule has 1 unspecified atom stereocenters. The second kappa shape index (κ2) is 5.98. The molecule has 0 aliphatic rings. The Morgan fingerprint density at radius 2 is 1.82 bits per heavy atom. The molecular formula is C11H13Cl2NO3. The lowest BCUT2D eigenvalue weighted by atomic mass is 10.2. The van der Waals surface area contributed by atoms with E-state index < -0.39 is 5.38 Å². The number of nitrogens with one attached hydrogen (secondary N) is 1. The molecule has 1 aromatic carbocycles. The van der Waals surface area contributed by atoms with Crippen molar-refractivity contribution < 1.29 is 14.3 Å². The first-order valence-electron chi connectivity index (χ1n) is 4.86. The minimum atomic E-state index is -0.640. The van der Waals surface area contributed by atoms with Crippen molar-refractivity contribution in [3.8, 4) is 11.5 Å². The maximum Gasteiger partial charge on any atom is 0.242 e. The van der Waals surface area contributed by atoms with Crippen LogP contribution in [0.4, 0.5) is 5.69 Å². The second-order valence-corrected chi connectivity index (χ2v) is 4.35. The van der Waals surface area contributed by atoms with Gasteiger partial charge in [0.05, 0.1) is 24.9 Å². The Kier molecular flexibility index (Phi) is 4.90. The number of amides is 1. The molecule has 1 rings (SSSR count). The Hall–Kier alpha value is -1.13. The van der Waals surface area contributed by atoms with Gasteiger partial charge >= 0.3 is 0 Å². The van der Waals surface area contributed by atoms with E-state index in [1.54, 1.807) is 19.1 Å². The summed E-state index contributed by atoms with van der Waals surface area (Å²) in [5.41, 5.74) is 0.432. The molecule has 0 fully saturated rings. The molecule has 1 amide bonds. The van der Waals surface area contributed by atoms with Crippen molar-refractivity contribution in [2.75, 3.05) is 19.5 Å². The molecule has 0 heterocycles. The predicted molar refractivity (Wildman–Crippen MR) is 68.5 cm³/mol. The molecular weight excluding hydrogens is 265 g/mol. The maximum atomic E-state index is 11.4. The Labute approximate surface area is 110 Å². The third-order valence-corrected chi connectivity index (χ3v) is 2.60. The highest BCUT2D eigenvalue weighted by atomic mass is 35.5. The van der Waals surface area contributed by atoms with Crippen molar-refractivity contribution in [1.82, 2.24) is 0 Å². The van der Waals surface area contributed by atoms with Gasteiger partial charge in [0.15, 0.2) is 11.5 Å². The van der Waals surface area contributed by atoms with E-state index in [9.17, 15) is 4.79 Å². The van der Waals surface area contributed by atoms with Gasteiger partial charge in [0.1, 0.15) is 5.38 Å². The molecule has 0 radical (unpaired) electrons. The van der Waals surface area contributed by atoms with E-state index in [0.717, 1.165) is 0 Å². The summed E-state index contributed by atoms with van der Waals surface area (Å²) in [5, 5.41) is 2.31. The van der Waals surface area contributed by atoms with Gasteiger partial charge in [0.25, 0.3) is 0 Å². The number of halogens is 2. The van der Waals surface area contributed by atoms with Crippen LogP contribution in [-0.2, 0) is 4.79 Å². The van der Waals surface area contributed by atoms with Crippen molar-refractivity contribution in [3.05, 3.63) is 17.2 Å². The quantitative estimate of drug-likeness (QED) is 0.861. The van der Waals surface area contributed by atoms with Crippen LogP contribution in [0, 0.1) is 0 Å². The third kappa shape index (κ3) is 3.41. The standard InChI is InChI=1S/C11H13Cl2NO3/c1-6(12)11(15)14-8-5-10(17-3)9(16-2)4-7(8)13/h4-6H,1-3H3,(H,14,15). The zero-order valence-electron chi connectivity index (χ0n) is 9.71. The molecule has 4 nitrogen and oxygen atoms in total. The zero-order chi connectivity index (χ0) is 13.0. The van der Waals surface area contributed by atoms with Gasteiger partial charge in [-0.25, -0.2) is 0 Å². The van der Waals surface area contributed by atoms with Crippen LogP contribution in [0.3, 0.4) is 0 Å². The molecule has 0 aliphatic heterocycles. The second-order valence-electron chi connectivity index (χ2n) is 3.29. The highest BCUT2D eigenvalue weighted by molar-refractivity contribution is 6.35. The lowest BCUT2D eigenvalue weighted by molar-refractivity contribution is -0.115. The van der Waals surface area contributed by atoms with Crippen LogP contribution in [0.2, 0.25) is 5.02 Å². The highest BCUT2D eigenvalue weighted by Gasteiger charge is 2.14. The Morgan fingerprint density at radius 1 is 1.29 bits per heavy atom. The van der Waals surface area contributed by atoms with Gasteiger partial charge in [-0.3, -0.25) is 4.79 Å². The monoisotopic (exact) mass is 277 g/mol. The molecule has 17 heavy (non-hydrogen) atoms. The SMILES string of the molecule is COc1cc(Cl)c(NC(=O)C(C)Cl)cc1OC. The molecule has 0 aromatic heterocycles. The number of hydrogen-bond acceptors (Lipinski definition) is 3. The van der Waals surface area contributed by atoms with Crippen molar-refractivity contribution in [1.29, 1.82) is 0 Å². The average Bonchev–Trinajstić information content (AvgIpc) is 2.30. The van der Waals surface area contributed by atoms with Gasteiger partial charge < -0.3 is 14.8 Å². The van der Waals surface area contributed by atoms with Gasteiger partial charge in [-0.1, -0.05) is 11.6 Å². The minimum Gasteiger partial charge on any atom is -0.493 e. The molecule has 1 aromatic rings. The molecule has 0 saturated carbocycles. The fourth-order valence-corrected chi connectivity index (χ4v) is 1.44. The Bertz CT molecular complexity index is 421. The summed E-state index contributed by atoms with van der Waals surface area (Å²) in [5.74, 6) is 0.643. The first-order valence-corrected chi connectivity index (χ1v) is 5.67. The van der Waals surface area contributed by atoms with E-state index in [1.165, 1.54) is 14.2 Å². The van der Waals surface area contributed by atoms with Crippen LogP contribution in [0.25, 0.3) is 0 Å². The number of carbonyl (C=O) groups is 1.